The molecule has 1 heteroatoms. The molecule has 0 atom stereocenters. The van der Waals surface area contributed by atoms with Crippen LogP contribution in [0.15, 0.2) is 162 Å². The molecular formula is C42H26O. The van der Waals surface area contributed by atoms with E-state index in [1.807, 2.05) is 0 Å². The van der Waals surface area contributed by atoms with Gasteiger partial charge in [-0.25, -0.2) is 0 Å². The molecule has 0 spiro atoms. The fraction of sp³-hybridized carbons (Fsp3) is 0. The topological polar surface area (TPSA) is 13.1 Å². The lowest BCUT2D eigenvalue weighted by Crippen LogP contribution is -1.92. The molecule has 0 aliphatic carbocycles. The van der Waals surface area contributed by atoms with E-state index in [4.69, 9.17) is 16.8 Å². The quantitative estimate of drug-likeness (QED) is 0.196. The zero-order chi connectivity index (χ0) is 39.6. The molecule has 0 aliphatic heterocycles. The van der Waals surface area contributed by atoms with E-state index in [2.05, 4.69) is 0 Å². The molecule has 9 aromatic rings. The molecule has 0 N–H and O–H groups in total. The molecule has 0 radical (unpaired) electrons. The number of hydrogen-bond acceptors (Lipinski definition) is 1. The fourth-order valence-electron chi connectivity index (χ4n) is 6.05. The molecule has 9 rings (SSSR count). The number of furan rings is 1. The van der Waals surface area contributed by atoms with E-state index in [1.54, 1.807) is 78.9 Å². The van der Waals surface area contributed by atoms with Crippen molar-refractivity contribution in [2.45, 2.75) is 0 Å². The van der Waals surface area contributed by atoms with Gasteiger partial charge in [-0.15, -0.1) is 0 Å². The highest BCUT2D eigenvalue weighted by atomic mass is 16.3. The summed E-state index contributed by atoms with van der Waals surface area (Å²) in [6.07, 6.45) is 0. The summed E-state index contributed by atoms with van der Waals surface area (Å²) in [6.45, 7) is 0. The van der Waals surface area contributed by atoms with E-state index in [-0.39, 0.29) is 73.6 Å². The van der Waals surface area contributed by atoms with Crippen LogP contribution in [0.2, 0.25) is 0 Å². The molecule has 0 fully saturated rings. The lowest BCUT2D eigenvalue weighted by molar-refractivity contribution is 0.670. The Morgan fingerprint density at radius 3 is 1.79 bits per heavy atom. The van der Waals surface area contributed by atoms with Gasteiger partial charge in [-0.2, -0.15) is 0 Å². The van der Waals surface area contributed by atoms with Gasteiger partial charge in [-0.05, 0) is 78.3 Å². The first-order valence-electron chi connectivity index (χ1n) is 20.2. The Bertz CT molecular complexity index is 3170. The van der Waals surface area contributed by atoms with Gasteiger partial charge in [0.15, 0.2) is 0 Å². The van der Waals surface area contributed by atoms with Gasteiger partial charge >= 0.3 is 0 Å². The Morgan fingerprint density at radius 2 is 1.05 bits per heavy atom. The summed E-state index contributed by atoms with van der Waals surface area (Å²) in [6, 6.07) is 17.4. The highest BCUT2D eigenvalue weighted by Gasteiger charge is 2.22. The SMILES string of the molecule is [2H]c1c([2H])c([2H])c2c(oc3c(-c4ccccc4)c([2H])c([2H])c(-c4c5ccccc5c(-c5c([2H])c([2H])c6c([2H])c([2H])c([2H])c([2H])c6c5[2H])c5ccccc45)c32)c1[2H]. The van der Waals surface area contributed by atoms with Crippen molar-refractivity contribution in [2.24, 2.45) is 0 Å². The summed E-state index contributed by atoms with van der Waals surface area (Å²) in [5.74, 6) is 0. The van der Waals surface area contributed by atoms with Gasteiger partial charge in [-0.3, -0.25) is 0 Å². The second kappa shape index (κ2) is 9.44. The van der Waals surface area contributed by atoms with Crippen molar-refractivity contribution in [3.63, 3.8) is 0 Å². The Labute approximate surface area is 267 Å². The van der Waals surface area contributed by atoms with E-state index in [9.17, 15) is 5.48 Å². The van der Waals surface area contributed by atoms with Crippen LogP contribution in [0, 0.1) is 0 Å². The summed E-state index contributed by atoms with van der Waals surface area (Å²) >= 11 is 0. The molecule has 1 heterocycles. The van der Waals surface area contributed by atoms with Crippen molar-refractivity contribution in [1.29, 1.82) is 0 Å². The van der Waals surface area contributed by atoms with Crippen molar-refractivity contribution in [2.75, 3.05) is 0 Å². The number of fused-ring (bicyclic) bond motifs is 6. The average molecular weight is 560 g/mol. The van der Waals surface area contributed by atoms with E-state index >= 15 is 0 Å². The summed E-state index contributed by atoms with van der Waals surface area (Å²) in [5, 5.41) is 1.80. The molecule has 1 aromatic heterocycles. The first-order chi connectivity index (χ1) is 26.8. The van der Waals surface area contributed by atoms with Crippen molar-refractivity contribution in [3.8, 4) is 33.4 Å². The number of para-hydroxylation sites is 1. The van der Waals surface area contributed by atoms with Crippen LogP contribution in [-0.4, -0.2) is 0 Å². The Balaban J connectivity index is 1.53. The van der Waals surface area contributed by atoms with Crippen LogP contribution in [-0.2, 0) is 0 Å². The van der Waals surface area contributed by atoms with Crippen LogP contribution < -0.4 is 0 Å². The number of rotatable bonds is 3. The minimum atomic E-state index is -0.566. The summed E-state index contributed by atoms with van der Waals surface area (Å²) in [4.78, 5) is 0. The zero-order valence-electron chi connectivity index (χ0n) is 35.4. The normalized spacial score (nSPS) is 16.0. The van der Waals surface area contributed by atoms with Gasteiger partial charge < -0.3 is 4.42 Å². The molecular weight excluding hydrogens is 520 g/mol. The van der Waals surface area contributed by atoms with Crippen LogP contribution in [0.1, 0.15) is 17.8 Å². The maximum atomic E-state index is 9.70. The predicted octanol–water partition coefficient (Wildman–Crippen LogP) is 12.0. The van der Waals surface area contributed by atoms with Crippen LogP contribution in [0.3, 0.4) is 0 Å². The van der Waals surface area contributed by atoms with Gasteiger partial charge in [0.2, 0.25) is 0 Å². The lowest BCUT2D eigenvalue weighted by Gasteiger charge is -2.19. The predicted molar refractivity (Wildman–Crippen MR) is 183 cm³/mol. The summed E-state index contributed by atoms with van der Waals surface area (Å²) < 4.78 is 122. The van der Waals surface area contributed by atoms with Gasteiger partial charge in [0, 0.05) is 16.3 Å². The zero-order valence-corrected chi connectivity index (χ0v) is 22.4. The summed E-state index contributed by atoms with van der Waals surface area (Å²) in [5.41, 5.74) is 1.72. The molecule has 0 bridgehead atoms. The van der Waals surface area contributed by atoms with Crippen LogP contribution in [0.5, 0.6) is 0 Å². The van der Waals surface area contributed by atoms with Crippen LogP contribution in [0.25, 0.3) is 87.6 Å². The second-order valence-electron chi connectivity index (χ2n) is 10.2. The molecule has 8 aromatic carbocycles. The van der Waals surface area contributed by atoms with Crippen LogP contribution in [0.4, 0.5) is 0 Å². The van der Waals surface area contributed by atoms with Crippen molar-refractivity contribution < 1.29 is 22.2 Å². The number of hydrogen-bond donors (Lipinski definition) is 0. The Morgan fingerprint density at radius 1 is 0.442 bits per heavy atom. The maximum absolute atomic E-state index is 9.70. The van der Waals surface area contributed by atoms with Crippen molar-refractivity contribution in [3.05, 3.63) is 157 Å². The smallest absolute Gasteiger partial charge is 0.143 e. The van der Waals surface area contributed by atoms with Gasteiger partial charge in [-0.1, -0.05) is 139 Å². The standard InChI is InChI=1S/C42H26O/c1-2-13-28(14-3-1)31-24-25-37(41-36-20-10-11-21-38(36)43-42(31)41)40-34-18-8-6-16-32(34)39(33-17-7-9-19-35(33)40)30-23-22-27-12-4-5-15-29(27)26-30/h1-26H/i4D,5D,10D,11D,12D,15D,20D,21D,22D,23D,24D,25D,26D. The third kappa shape index (κ3) is 3.65. The van der Waals surface area contributed by atoms with Crippen LogP contribution >= 0.6 is 0 Å². The first-order valence-corrected chi connectivity index (χ1v) is 13.7. The van der Waals surface area contributed by atoms with Gasteiger partial charge in [0.25, 0.3) is 0 Å². The lowest BCUT2D eigenvalue weighted by atomic mass is 9.84. The maximum Gasteiger partial charge on any atom is 0.143 e. The third-order valence-corrected chi connectivity index (χ3v) is 7.87. The van der Waals surface area contributed by atoms with Crippen molar-refractivity contribution >= 4 is 54.3 Å². The summed E-state index contributed by atoms with van der Waals surface area (Å²) in [7, 11) is 0. The minimum Gasteiger partial charge on any atom is -0.455 e. The molecule has 1 nitrogen and oxygen atoms in total. The third-order valence-electron chi connectivity index (χ3n) is 7.87. The molecule has 0 unspecified atom stereocenters. The Hall–Kier alpha value is -5.66. The van der Waals surface area contributed by atoms with E-state index in [0.717, 1.165) is 0 Å². The molecule has 200 valence electrons. The molecule has 0 saturated carbocycles. The molecule has 0 aliphatic rings. The molecule has 0 saturated heterocycles. The Kier molecular flexibility index (Phi) is 3.18. The van der Waals surface area contributed by atoms with Gasteiger partial charge in [0.05, 0.1) is 17.8 Å². The number of benzene rings is 8. The van der Waals surface area contributed by atoms with E-state index in [0.29, 0.717) is 38.2 Å². The van der Waals surface area contributed by atoms with E-state index in [1.165, 1.54) is 0 Å². The van der Waals surface area contributed by atoms with Crippen molar-refractivity contribution in [1.82, 2.24) is 0 Å². The second-order valence-corrected chi connectivity index (χ2v) is 10.2. The minimum absolute atomic E-state index is 0.0220. The highest BCUT2D eigenvalue weighted by Crippen LogP contribution is 2.48. The van der Waals surface area contributed by atoms with E-state index < -0.39 is 54.4 Å². The fourth-order valence-corrected chi connectivity index (χ4v) is 6.05. The molecule has 43 heavy (non-hydrogen) atoms. The largest absolute Gasteiger partial charge is 0.455 e. The molecule has 0 amide bonds. The highest BCUT2D eigenvalue weighted by molar-refractivity contribution is 6.26. The average Bonchev–Trinajstić information content (AvgIpc) is 3.60. The monoisotopic (exact) mass is 559 g/mol. The van der Waals surface area contributed by atoms with Gasteiger partial charge in [0.1, 0.15) is 11.2 Å². The first kappa shape index (κ1) is 14.5.